The number of hydrogen-bond acceptors (Lipinski definition) is 5. The molecule has 33 heavy (non-hydrogen) atoms. The van der Waals surface area contributed by atoms with Gasteiger partial charge in [-0.05, 0) is 41.8 Å². The van der Waals surface area contributed by atoms with Gasteiger partial charge in [-0.1, -0.05) is 24.3 Å². The number of rotatable bonds is 4. The van der Waals surface area contributed by atoms with Gasteiger partial charge in [-0.3, -0.25) is 24.7 Å². The monoisotopic (exact) mass is 447 g/mol. The Labute approximate surface area is 191 Å². The largest absolute Gasteiger partial charge is 0.324 e. The molecule has 1 unspecified atom stereocenters. The Morgan fingerprint density at radius 2 is 1.82 bits per heavy atom. The first kappa shape index (κ1) is 21.0. The summed E-state index contributed by atoms with van der Waals surface area (Å²) in [5, 5.41) is 8.62. The molecule has 1 aliphatic carbocycles. The molecule has 5 amide bonds. The number of imide groups is 1. The van der Waals surface area contributed by atoms with Gasteiger partial charge in [0.15, 0.2) is 0 Å². The lowest BCUT2D eigenvalue weighted by Gasteiger charge is -2.39. The summed E-state index contributed by atoms with van der Waals surface area (Å²) >= 11 is 0. The van der Waals surface area contributed by atoms with E-state index in [-0.39, 0.29) is 24.3 Å². The van der Waals surface area contributed by atoms with Gasteiger partial charge in [0.1, 0.15) is 12.1 Å². The van der Waals surface area contributed by atoms with Crippen molar-refractivity contribution in [2.45, 2.75) is 31.2 Å². The van der Waals surface area contributed by atoms with E-state index in [1.54, 1.807) is 13.1 Å². The molecule has 9 nitrogen and oxygen atoms in total. The SMILES string of the molecule is CN1C(=O)NC(=O)C12Cc1ccc(NC(=O)CN3C(=O)CCCN3c3ccccc3)cc1C2. The maximum Gasteiger partial charge on any atom is 0.324 e. The van der Waals surface area contributed by atoms with Crippen LogP contribution in [0.3, 0.4) is 0 Å². The fourth-order valence-corrected chi connectivity index (χ4v) is 4.92. The molecule has 0 saturated carbocycles. The Hall–Kier alpha value is -3.88. The highest BCUT2D eigenvalue weighted by Gasteiger charge is 2.54. The van der Waals surface area contributed by atoms with Gasteiger partial charge in [0.2, 0.25) is 11.8 Å². The third-order valence-electron chi connectivity index (χ3n) is 6.73. The van der Waals surface area contributed by atoms with Gasteiger partial charge in [-0.15, -0.1) is 0 Å². The molecule has 9 heteroatoms. The smallest absolute Gasteiger partial charge is 0.324 e. The standard InChI is InChI=1S/C24H25N5O4/c1-27-23(33)26-22(32)24(27)13-16-9-10-18(12-17(16)14-24)25-20(30)15-29-21(31)8-5-11-28(29)19-6-3-2-4-7-19/h2-4,6-7,9-10,12H,5,8,11,13-15H2,1H3,(H,25,30)(H,26,32,33). The van der Waals surface area contributed by atoms with Crippen LogP contribution < -0.4 is 15.6 Å². The maximum absolute atomic E-state index is 12.9. The van der Waals surface area contributed by atoms with E-state index in [0.717, 1.165) is 23.2 Å². The minimum Gasteiger partial charge on any atom is -0.324 e. The highest BCUT2D eigenvalue weighted by atomic mass is 16.2. The van der Waals surface area contributed by atoms with Gasteiger partial charge >= 0.3 is 6.03 Å². The number of hydrogen-bond donors (Lipinski definition) is 2. The maximum atomic E-state index is 12.9. The molecule has 2 aliphatic heterocycles. The predicted molar refractivity (Wildman–Crippen MR) is 121 cm³/mol. The van der Waals surface area contributed by atoms with Crippen molar-refractivity contribution in [3.05, 3.63) is 59.7 Å². The van der Waals surface area contributed by atoms with Crippen molar-refractivity contribution in [3.63, 3.8) is 0 Å². The number of nitrogens with zero attached hydrogens (tertiary/aromatic N) is 3. The lowest BCUT2D eigenvalue weighted by Crippen LogP contribution is -2.53. The van der Waals surface area contributed by atoms with E-state index in [0.29, 0.717) is 31.5 Å². The second-order valence-electron chi connectivity index (χ2n) is 8.75. The Balaban J connectivity index is 1.30. The summed E-state index contributed by atoms with van der Waals surface area (Å²) in [7, 11) is 1.63. The summed E-state index contributed by atoms with van der Waals surface area (Å²) in [6, 6.07) is 14.7. The quantitative estimate of drug-likeness (QED) is 0.695. The summed E-state index contributed by atoms with van der Waals surface area (Å²) in [4.78, 5) is 51.3. The van der Waals surface area contributed by atoms with E-state index in [2.05, 4.69) is 10.6 Å². The molecule has 3 aliphatic rings. The van der Waals surface area contributed by atoms with Crippen LogP contribution in [0.5, 0.6) is 0 Å². The van der Waals surface area contributed by atoms with E-state index in [4.69, 9.17) is 0 Å². The molecule has 2 saturated heterocycles. The van der Waals surface area contributed by atoms with Gasteiger partial charge in [0.05, 0.1) is 5.69 Å². The average Bonchev–Trinajstić information content (AvgIpc) is 3.28. The van der Waals surface area contributed by atoms with Crippen LogP contribution >= 0.6 is 0 Å². The molecule has 2 N–H and O–H groups in total. The third kappa shape index (κ3) is 3.59. The van der Waals surface area contributed by atoms with Crippen LogP contribution in [0.2, 0.25) is 0 Å². The molecule has 2 fully saturated rings. The number of urea groups is 1. The normalized spacial score (nSPS) is 22.1. The molecule has 2 aromatic rings. The van der Waals surface area contributed by atoms with Gasteiger partial charge in [0.25, 0.3) is 5.91 Å². The van der Waals surface area contributed by atoms with Crippen molar-refractivity contribution in [3.8, 4) is 0 Å². The number of likely N-dealkylation sites (N-methyl/N-ethyl adjacent to an activating group) is 1. The molecule has 0 bridgehead atoms. The summed E-state index contributed by atoms with van der Waals surface area (Å²) in [5.74, 6) is -0.678. The van der Waals surface area contributed by atoms with Crippen LogP contribution in [0, 0.1) is 0 Å². The van der Waals surface area contributed by atoms with Gasteiger partial charge in [0, 0.05) is 38.5 Å². The summed E-state index contributed by atoms with van der Waals surface area (Å²) < 4.78 is 0. The van der Waals surface area contributed by atoms with Crippen LogP contribution in [0.4, 0.5) is 16.2 Å². The number of para-hydroxylation sites is 1. The topological polar surface area (TPSA) is 102 Å². The Morgan fingerprint density at radius 3 is 2.55 bits per heavy atom. The Kier molecular flexibility index (Phi) is 5.03. The van der Waals surface area contributed by atoms with Crippen molar-refractivity contribution in [1.82, 2.24) is 15.2 Å². The van der Waals surface area contributed by atoms with Gasteiger partial charge in [-0.2, -0.15) is 0 Å². The lowest BCUT2D eigenvalue weighted by atomic mass is 9.95. The van der Waals surface area contributed by atoms with E-state index in [1.165, 1.54) is 9.91 Å². The van der Waals surface area contributed by atoms with Crippen LogP contribution in [-0.2, 0) is 27.2 Å². The summed E-state index contributed by atoms with van der Waals surface area (Å²) in [6.45, 7) is 0.576. The van der Waals surface area contributed by atoms with Crippen molar-refractivity contribution in [1.29, 1.82) is 0 Å². The molecule has 1 spiro atoms. The van der Waals surface area contributed by atoms with Crippen LogP contribution in [0.15, 0.2) is 48.5 Å². The number of anilines is 2. The lowest BCUT2D eigenvalue weighted by molar-refractivity contribution is -0.137. The number of carbonyl (C=O) groups is 4. The molecule has 170 valence electrons. The molecule has 0 aromatic heterocycles. The van der Waals surface area contributed by atoms with Crippen molar-refractivity contribution in [2.75, 3.05) is 30.5 Å². The van der Waals surface area contributed by atoms with Crippen molar-refractivity contribution >= 4 is 35.1 Å². The molecule has 2 aromatic carbocycles. The first-order chi connectivity index (χ1) is 15.9. The summed E-state index contributed by atoms with van der Waals surface area (Å²) in [5.41, 5.74) is 2.46. The number of hydrazine groups is 1. The number of fused-ring (bicyclic) bond motifs is 1. The Morgan fingerprint density at radius 1 is 1.06 bits per heavy atom. The zero-order valence-electron chi connectivity index (χ0n) is 18.3. The van der Waals surface area contributed by atoms with E-state index < -0.39 is 11.6 Å². The van der Waals surface area contributed by atoms with Crippen LogP contribution in [0.1, 0.15) is 24.0 Å². The van der Waals surface area contributed by atoms with Gasteiger partial charge < -0.3 is 10.2 Å². The van der Waals surface area contributed by atoms with Crippen LogP contribution in [-0.4, -0.2) is 59.3 Å². The van der Waals surface area contributed by atoms with E-state index in [9.17, 15) is 19.2 Å². The number of amides is 5. The number of nitrogens with one attached hydrogen (secondary N) is 2. The molecule has 2 heterocycles. The van der Waals surface area contributed by atoms with Crippen molar-refractivity contribution < 1.29 is 19.2 Å². The first-order valence-corrected chi connectivity index (χ1v) is 11.0. The minimum atomic E-state index is -0.904. The molecule has 0 radical (unpaired) electrons. The van der Waals surface area contributed by atoms with E-state index in [1.807, 2.05) is 47.5 Å². The minimum absolute atomic E-state index is 0.0869. The zero-order valence-corrected chi connectivity index (χ0v) is 18.3. The van der Waals surface area contributed by atoms with Crippen molar-refractivity contribution in [2.24, 2.45) is 0 Å². The highest BCUT2D eigenvalue weighted by molar-refractivity contribution is 6.07. The highest BCUT2D eigenvalue weighted by Crippen LogP contribution is 2.38. The molecular formula is C24H25N5O4. The van der Waals surface area contributed by atoms with E-state index >= 15 is 0 Å². The van der Waals surface area contributed by atoms with Crippen LogP contribution in [0.25, 0.3) is 0 Å². The predicted octanol–water partition coefficient (Wildman–Crippen LogP) is 1.69. The molecule has 5 rings (SSSR count). The number of carbonyl (C=O) groups excluding carboxylic acids is 4. The molecular weight excluding hydrogens is 422 g/mol. The zero-order chi connectivity index (χ0) is 23.2. The fourth-order valence-electron chi connectivity index (χ4n) is 4.92. The summed E-state index contributed by atoms with van der Waals surface area (Å²) in [6.07, 6.45) is 1.99. The Bertz CT molecular complexity index is 1150. The second kappa shape index (κ2) is 7.91. The third-order valence-corrected chi connectivity index (χ3v) is 6.73. The second-order valence-corrected chi connectivity index (χ2v) is 8.75. The van der Waals surface area contributed by atoms with Gasteiger partial charge in [-0.25, -0.2) is 9.80 Å². The number of benzene rings is 2. The average molecular weight is 447 g/mol. The fraction of sp³-hybridized carbons (Fsp3) is 0.333. The molecule has 1 atom stereocenters. The first-order valence-electron chi connectivity index (χ1n) is 11.0.